The highest BCUT2D eigenvalue weighted by Crippen LogP contribution is 2.19. The number of carbonyl (C=O) groups is 1. The molecule has 1 aromatic heterocycles. The number of pyridine rings is 1. The molecule has 0 N–H and O–H groups in total. The van der Waals surface area contributed by atoms with Crippen molar-refractivity contribution < 1.29 is 4.79 Å². The predicted molar refractivity (Wildman–Crippen MR) is 110 cm³/mol. The zero-order valence-electron chi connectivity index (χ0n) is 16.8. The average molecular weight is 355 g/mol. The van der Waals surface area contributed by atoms with Crippen molar-refractivity contribution in [2.24, 2.45) is 0 Å². The number of benzene rings is 1. The zero-order chi connectivity index (χ0) is 19.2. The molecule has 1 atom stereocenters. The van der Waals surface area contributed by atoms with E-state index in [1.54, 1.807) is 6.20 Å². The Kier molecular flexibility index (Phi) is 11.0. The highest BCUT2D eigenvalue weighted by molar-refractivity contribution is 5.47. The number of hydrogen-bond acceptors (Lipinski definition) is 2. The fraction of sp³-hybridized carbons (Fsp3) is 0.478. The summed E-state index contributed by atoms with van der Waals surface area (Å²) in [5, 5.41) is 0. The van der Waals surface area contributed by atoms with E-state index in [0.717, 1.165) is 38.6 Å². The molecule has 1 aliphatic heterocycles. The maximum Gasteiger partial charge on any atom is 0.209 e. The number of likely N-dealkylation sites (tertiary alicyclic amines) is 1. The molecule has 142 valence electrons. The van der Waals surface area contributed by atoms with Gasteiger partial charge >= 0.3 is 0 Å². The van der Waals surface area contributed by atoms with Crippen LogP contribution in [0.2, 0.25) is 0 Å². The molecule has 0 aliphatic carbocycles. The molecular weight excluding hydrogens is 320 g/mol. The minimum atomic E-state index is 0.437. The summed E-state index contributed by atoms with van der Waals surface area (Å²) in [4.78, 5) is 17.0. The van der Waals surface area contributed by atoms with E-state index >= 15 is 0 Å². The Hall–Kier alpha value is -2.16. The van der Waals surface area contributed by atoms with Crippen LogP contribution < -0.4 is 0 Å². The van der Waals surface area contributed by atoms with Gasteiger partial charge < -0.3 is 4.90 Å². The van der Waals surface area contributed by atoms with Crippen LogP contribution >= 0.6 is 0 Å². The fourth-order valence-electron chi connectivity index (χ4n) is 2.99. The van der Waals surface area contributed by atoms with Crippen molar-refractivity contribution in [1.29, 1.82) is 0 Å². The summed E-state index contributed by atoms with van der Waals surface area (Å²) in [6, 6.07) is 13.0. The normalized spacial score (nSPS) is 15.8. The first-order valence-electron chi connectivity index (χ1n) is 9.82. The van der Waals surface area contributed by atoms with Crippen LogP contribution in [-0.2, 0) is 11.2 Å². The molecule has 26 heavy (non-hydrogen) atoms. The summed E-state index contributed by atoms with van der Waals surface area (Å²) in [7, 11) is 0. The molecule has 0 spiro atoms. The second-order valence-corrected chi connectivity index (χ2v) is 6.55. The van der Waals surface area contributed by atoms with Crippen LogP contribution in [0, 0.1) is 13.8 Å². The van der Waals surface area contributed by atoms with Gasteiger partial charge in [-0.05, 0) is 57.6 Å². The van der Waals surface area contributed by atoms with Crippen LogP contribution in [0.25, 0.3) is 0 Å². The van der Waals surface area contributed by atoms with Gasteiger partial charge in [0.25, 0.3) is 0 Å². The van der Waals surface area contributed by atoms with E-state index in [4.69, 9.17) is 0 Å². The lowest BCUT2D eigenvalue weighted by Gasteiger charge is -2.32. The van der Waals surface area contributed by atoms with Gasteiger partial charge in [-0.15, -0.1) is 0 Å². The van der Waals surface area contributed by atoms with Crippen molar-refractivity contribution >= 4 is 6.41 Å². The van der Waals surface area contributed by atoms with E-state index in [-0.39, 0.29) is 0 Å². The number of aromatic nitrogens is 1. The Labute approximate surface area is 159 Å². The average Bonchev–Trinajstić information content (AvgIpc) is 2.71. The first-order chi connectivity index (χ1) is 12.7. The van der Waals surface area contributed by atoms with E-state index in [0.29, 0.717) is 6.04 Å². The molecular formula is C23H34N2O. The Morgan fingerprint density at radius 1 is 1.08 bits per heavy atom. The first kappa shape index (κ1) is 21.9. The van der Waals surface area contributed by atoms with Gasteiger partial charge in [0.1, 0.15) is 0 Å². The molecule has 3 rings (SSSR count). The molecule has 1 aromatic carbocycles. The van der Waals surface area contributed by atoms with Gasteiger partial charge in [-0.25, -0.2) is 0 Å². The van der Waals surface area contributed by atoms with Gasteiger partial charge in [0, 0.05) is 25.0 Å². The molecule has 0 radical (unpaired) electrons. The minimum absolute atomic E-state index is 0.437. The van der Waals surface area contributed by atoms with Crippen LogP contribution in [0.3, 0.4) is 0 Å². The van der Waals surface area contributed by atoms with Crippen LogP contribution in [0.1, 0.15) is 56.2 Å². The highest BCUT2D eigenvalue weighted by atomic mass is 16.1. The lowest BCUT2D eigenvalue weighted by atomic mass is 9.97. The van der Waals surface area contributed by atoms with E-state index in [2.05, 4.69) is 49.2 Å². The molecule has 3 nitrogen and oxygen atoms in total. The number of nitrogens with zero attached hydrogens (tertiary/aromatic N) is 2. The van der Waals surface area contributed by atoms with Gasteiger partial charge in [-0.2, -0.15) is 0 Å². The smallest absolute Gasteiger partial charge is 0.209 e. The molecule has 1 unspecified atom stereocenters. The summed E-state index contributed by atoms with van der Waals surface area (Å²) in [6.45, 7) is 9.13. The zero-order valence-corrected chi connectivity index (χ0v) is 16.8. The van der Waals surface area contributed by atoms with Crippen molar-refractivity contribution in [3.05, 3.63) is 65.5 Å². The van der Waals surface area contributed by atoms with Gasteiger partial charge in [0.05, 0.1) is 0 Å². The summed E-state index contributed by atoms with van der Waals surface area (Å²) >= 11 is 0. The van der Waals surface area contributed by atoms with E-state index < -0.39 is 0 Å². The maximum atomic E-state index is 10.9. The summed E-state index contributed by atoms with van der Waals surface area (Å²) in [5.74, 6) is 0. The number of hydrogen-bond donors (Lipinski definition) is 0. The third-order valence-corrected chi connectivity index (χ3v) is 4.52. The summed E-state index contributed by atoms with van der Waals surface area (Å²) in [5.41, 5.74) is 3.92. The van der Waals surface area contributed by atoms with Crippen LogP contribution in [0.5, 0.6) is 0 Å². The molecule has 1 saturated heterocycles. The fourth-order valence-corrected chi connectivity index (χ4v) is 2.99. The molecule has 1 aliphatic rings. The Morgan fingerprint density at radius 2 is 1.73 bits per heavy atom. The van der Waals surface area contributed by atoms with Crippen LogP contribution in [0.15, 0.2) is 48.8 Å². The second kappa shape index (κ2) is 13.1. The molecule has 2 heterocycles. The Morgan fingerprint density at radius 3 is 2.27 bits per heavy atom. The number of amides is 1. The molecule has 0 bridgehead atoms. The van der Waals surface area contributed by atoms with E-state index in [9.17, 15) is 4.79 Å². The topological polar surface area (TPSA) is 33.2 Å². The van der Waals surface area contributed by atoms with Crippen LogP contribution in [-0.4, -0.2) is 28.9 Å². The Bertz CT molecular complexity index is 574. The largest absolute Gasteiger partial charge is 0.342 e. The number of carbonyl (C=O) groups excluding carboxylic acids is 1. The molecule has 1 amide bonds. The highest BCUT2D eigenvalue weighted by Gasteiger charge is 2.20. The standard InChI is InChI=1S/C13H18N2O.C8H10.C2H6/c16-11-15-9-2-1-5-13(15)7-6-12-4-3-8-14-10-12;1-7-3-5-8(2)6-4-7;1-2/h3-4,8,10-11,13H,1-2,5-7,9H2;3-6H,1-2H3;1-2H3. The molecule has 0 saturated carbocycles. The molecule has 3 heteroatoms. The quantitative estimate of drug-likeness (QED) is 0.693. The summed E-state index contributed by atoms with van der Waals surface area (Å²) < 4.78 is 0. The molecule has 2 aromatic rings. The van der Waals surface area contributed by atoms with Crippen molar-refractivity contribution in [3.63, 3.8) is 0 Å². The number of piperidine rings is 1. The maximum absolute atomic E-state index is 10.9. The predicted octanol–water partition coefficient (Wildman–Crippen LogP) is 5.35. The van der Waals surface area contributed by atoms with Crippen LogP contribution in [0.4, 0.5) is 0 Å². The van der Waals surface area contributed by atoms with Crippen molar-refractivity contribution in [2.75, 3.05) is 6.54 Å². The second-order valence-electron chi connectivity index (χ2n) is 6.55. The Balaban J connectivity index is 0.000000284. The van der Waals surface area contributed by atoms with Gasteiger partial charge in [0.15, 0.2) is 0 Å². The monoisotopic (exact) mass is 354 g/mol. The SMILES string of the molecule is CC.Cc1ccc(C)cc1.O=CN1CCCCC1CCc1cccnc1. The minimum Gasteiger partial charge on any atom is -0.342 e. The van der Waals surface area contributed by atoms with Gasteiger partial charge in [-0.3, -0.25) is 9.78 Å². The van der Waals surface area contributed by atoms with E-state index in [1.165, 1.54) is 23.1 Å². The number of aryl methyl sites for hydroxylation is 3. The van der Waals surface area contributed by atoms with Crippen molar-refractivity contribution in [1.82, 2.24) is 9.88 Å². The third-order valence-electron chi connectivity index (χ3n) is 4.52. The lowest BCUT2D eigenvalue weighted by molar-refractivity contribution is -0.121. The first-order valence-corrected chi connectivity index (χ1v) is 9.82. The van der Waals surface area contributed by atoms with Crippen molar-refractivity contribution in [2.45, 2.75) is 65.8 Å². The lowest BCUT2D eigenvalue weighted by Crippen LogP contribution is -2.38. The number of rotatable bonds is 4. The van der Waals surface area contributed by atoms with Crippen molar-refractivity contribution in [3.8, 4) is 0 Å². The molecule has 1 fully saturated rings. The van der Waals surface area contributed by atoms with Gasteiger partial charge in [0.2, 0.25) is 6.41 Å². The summed E-state index contributed by atoms with van der Waals surface area (Å²) in [6.07, 6.45) is 10.3. The third kappa shape index (κ3) is 8.28. The van der Waals surface area contributed by atoms with E-state index in [1.807, 2.05) is 31.0 Å². The van der Waals surface area contributed by atoms with Gasteiger partial charge in [-0.1, -0.05) is 55.3 Å².